The van der Waals surface area contributed by atoms with Crippen LogP contribution in [0.1, 0.15) is 55.5 Å². The fourth-order valence-electron chi connectivity index (χ4n) is 2.88. The van der Waals surface area contributed by atoms with E-state index in [1.807, 2.05) is 0 Å². The van der Waals surface area contributed by atoms with Crippen molar-refractivity contribution in [2.45, 2.75) is 52.0 Å². The average molecular weight is 289 g/mol. The molecule has 1 aliphatic carbocycles. The lowest BCUT2D eigenvalue weighted by Crippen LogP contribution is -2.40. The normalized spacial score (nSPS) is 18.2. The summed E-state index contributed by atoms with van der Waals surface area (Å²) in [5, 5.41) is 12.2. The van der Waals surface area contributed by atoms with Crippen LogP contribution in [-0.4, -0.2) is 23.0 Å². The molecule has 2 rings (SSSR count). The number of hydrogen-bond donors (Lipinski definition) is 2. The number of aromatic carboxylic acids is 1. The monoisotopic (exact) mass is 289 g/mol. The van der Waals surface area contributed by atoms with Gasteiger partial charge in [-0.2, -0.15) is 0 Å². The molecule has 0 atom stereocenters. The van der Waals surface area contributed by atoms with Gasteiger partial charge in [0.1, 0.15) is 0 Å². The summed E-state index contributed by atoms with van der Waals surface area (Å²) in [5.41, 5.74) is 1.15. The summed E-state index contributed by atoms with van der Waals surface area (Å²) in [6.07, 6.45) is 4.36. The fourth-order valence-corrected chi connectivity index (χ4v) is 2.88. The van der Waals surface area contributed by atoms with Gasteiger partial charge in [0.2, 0.25) is 5.91 Å². The molecule has 0 unspecified atom stereocenters. The van der Waals surface area contributed by atoms with Crippen LogP contribution in [0.25, 0.3) is 0 Å². The number of carbonyl (C=O) groups excluding carboxylic acids is 1. The molecule has 1 fully saturated rings. The van der Waals surface area contributed by atoms with Crippen LogP contribution in [-0.2, 0) is 11.2 Å². The summed E-state index contributed by atoms with van der Waals surface area (Å²) in [4.78, 5) is 23.2. The zero-order chi connectivity index (χ0) is 15.5. The number of hydrogen-bond acceptors (Lipinski definition) is 2. The molecule has 0 bridgehead atoms. The maximum absolute atomic E-state index is 12.1. The molecule has 0 saturated heterocycles. The Balaban J connectivity index is 1.92. The molecular weight excluding hydrogens is 266 g/mol. The highest BCUT2D eigenvalue weighted by atomic mass is 16.4. The third-order valence-corrected chi connectivity index (χ3v) is 4.30. The van der Waals surface area contributed by atoms with Crippen molar-refractivity contribution in [1.82, 2.24) is 5.32 Å². The number of carbonyl (C=O) groups is 2. The van der Waals surface area contributed by atoms with Gasteiger partial charge in [-0.25, -0.2) is 4.79 Å². The SMILES string of the molecule is CC1(C)CCC(NC(=O)Cc2ccccc2C(=O)O)CC1. The molecule has 1 amide bonds. The molecule has 4 heteroatoms. The molecule has 0 radical (unpaired) electrons. The Labute approximate surface area is 125 Å². The van der Waals surface area contributed by atoms with Crippen LogP contribution >= 0.6 is 0 Å². The maximum atomic E-state index is 12.1. The Hall–Kier alpha value is -1.84. The largest absolute Gasteiger partial charge is 0.478 e. The van der Waals surface area contributed by atoms with Crippen LogP contribution in [0.4, 0.5) is 0 Å². The van der Waals surface area contributed by atoms with Crippen LogP contribution in [0.15, 0.2) is 24.3 Å². The lowest BCUT2D eigenvalue weighted by atomic mass is 9.75. The minimum absolute atomic E-state index is 0.0894. The number of amides is 1. The van der Waals surface area contributed by atoms with E-state index in [2.05, 4.69) is 19.2 Å². The van der Waals surface area contributed by atoms with E-state index in [9.17, 15) is 9.59 Å². The lowest BCUT2D eigenvalue weighted by molar-refractivity contribution is -0.121. The second-order valence-electron chi connectivity index (χ2n) is 6.65. The summed E-state index contributed by atoms with van der Waals surface area (Å²) in [7, 11) is 0. The highest BCUT2D eigenvalue weighted by Gasteiger charge is 2.27. The van der Waals surface area contributed by atoms with Crippen LogP contribution < -0.4 is 5.32 Å². The minimum atomic E-state index is -0.988. The smallest absolute Gasteiger partial charge is 0.335 e. The summed E-state index contributed by atoms with van der Waals surface area (Å²) in [5.74, 6) is -1.08. The number of benzene rings is 1. The van der Waals surface area contributed by atoms with Crippen LogP contribution in [0.3, 0.4) is 0 Å². The van der Waals surface area contributed by atoms with Crippen LogP contribution in [0.2, 0.25) is 0 Å². The zero-order valence-electron chi connectivity index (χ0n) is 12.7. The molecule has 2 N–H and O–H groups in total. The van der Waals surface area contributed by atoms with Crippen molar-refractivity contribution in [3.8, 4) is 0 Å². The van der Waals surface area contributed by atoms with E-state index in [0.717, 1.165) is 25.7 Å². The Morgan fingerprint density at radius 2 is 1.86 bits per heavy atom. The van der Waals surface area contributed by atoms with Crippen molar-refractivity contribution in [3.63, 3.8) is 0 Å². The number of carboxylic acids is 1. The van der Waals surface area contributed by atoms with Crippen molar-refractivity contribution in [1.29, 1.82) is 0 Å². The zero-order valence-corrected chi connectivity index (χ0v) is 12.7. The highest BCUT2D eigenvalue weighted by Crippen LogP contribution is 2.34. The van der Waals surface area contributed by atoms with Gasteiger partial charge in [0, 0.05) is 6.04 Å². The Morgan fingerprint density at radius 3 is 2.48 bits per heavy atom. The first-order valence-corrected chi connectivity index (χ1v) is 7.48. The Bertz CT molecular complexity index is 527. The summed E-state index contributed by atoms with van der Waals surface area (Å²) >= 11 is 0. The van der Waals surface area contributed by atoms with Crippen molar-refractivity contribution in [2.75, 3.05) is 0 Å². The van der Waals surface area contributed by atoms with Gasteiger partial charge in [-0.3, -0.25) is 4.79 Å². The van der Waals surface area contributed by atoms with Crippen molar-refractivity contribution >= 4 is 11.9 Å². The molecular formula is C17H23NO3. The highest BCUT2D eigenvalue weighted by molar-refractivity contribution is 5.91. The van der Waals surface area contributed by atoms with Crippen molar-refractivity contribution in [3.05, 3.63) is 35.4 Å². The van der Waals surface area contributed by atoms with Crippen molar-refractivity contribution < 1.29 is 14.7 Å². The fraction of sp³-hybridized carbons (Fsp3) is 0.529. The van der Waals surface area contributed by atoms with Gasteiger partial charge in [-0.05, 0) is 42.7 Å². The second kappa shape index (κ2) is 6.29. The number of rotatable bonds is 4. The average Bonchev–Trinajstić information content (AvgIpc) is 2.41. The maximum Gasteiger partial charge on any atom is 0.335 e. The Kier molecular flexibility index (Phi) is 4.66. The lowest BCUT2D eigenvalue weighted by Gasteiger charge is -2.34. The first-order chi connectivity index (χ1) is 9.87. The van der Waals surface area contributed by atoms with Gasteiger partial charge >= 0.3 is 5.97 Å². The molecule has 114 valence electrons. The third-order valence-electron chi connectivity index (χ3n) is 4.30. The standard InChI is InChI=1S/C17H23NO3/c1-17(2)9-7-13(8-10-17)18-15(19)11-12-5-3-4-6-14(12)16(20)21/h3-6,13H,7-11H2,1-2H3,(H,18,19)(H,20,21). The van der Waals surface area contributed by atoms with E-state index in [-0.39, 0.29) is 23.9 Å². The van der Waals surface area contributed by atoms with Crippen molar-refractivity contribution in [2.24, 2.45) is 5.41 Å². The van der Waals surface area contributed by atoms with E-state index in [4.69, 9.17) is 5.11 Å². The van der Waals surface area contributed by atoms with Crippen LogP contribution in [0.5, 0.6) is 0 Å². The molecule has 0 aromatic heterocycles. The third kappa shape index (κ3) is 4.31. The molecule has 0 spiro atoms. The van der Waals surface area contributed by atoms with E-state index < -0.39 is 5.97 Å². The first kappa shape index (κ1) is 15.5. The summed E-state index contributed by atoms with van der Waals surface area (Å²) < 4.78 is 0. The molecule has 1 aliphatic rings. The summed E-state index contributed by atoms with van der Waals surface area (Å²) in [6.45, 7) is 4.52. The van der Waals surface area contributed by atoms with Gasteiger partial charge in [0.25, 0.3) is 0 Å². The molecule has 1 aromatic carbocycles. The molecule has 1 saturated carbocycles. The predicted octanol–water partition coefficient (Wildman–Crippen LogP) is 3.01. The van der Waals surface area contributed by atoms with Gasteiger partial charge < -0.3 is 10.4 Å². The topological polar surface area (TPSA) is 66.4 Å². The molecule has 21 heavy (non-hydrogen) atoms. The quantitative estimate of drug-likeness (QED) is 0.895. The minimum Gasteiger partial charge on any atom is -0.478 e. The summed E-state index contributed by atoms with van der Waals surface area (Å²) in [6, 6.07) is 6.90. The number of carboxylic acid groups (broad SMARTS) is 1. The number of nitrogens with one attached hydrogen (secondary N) is 1. The van der Waals surface area contributed by atoms with Gasteiger partial charge in [-0.15, -0.1) is 0 Å². The van der Waals surface area contributed by atoms with Gasteiger partial charge in [0.15, 0.2) is 0 Å². The van der Waals surface area contributed by atoms with E-state index in [1.165, 1.54) is 6.07 Å². The molecule has 4 nitrogen and oxygen atoms in total. The molecule has 0 aliphatic heterocycles. The van der Waals surface area contributed by atoms with E-state index in [1.54, 1.807) is 18.2 Å². The second-order valence-corrected chi connectivity index (χ2v) is 6.65. The molecule has 1 aromatic rings. The first-order valence-electron chi connectivity index (χ1n) is 7.48. The van der Waals surface area contributed by atoms with Crippen LogP contribution in [0, 0.1) is 5.41 Å². The van der Waals surface area contributed by atoms with E-state index in [0.29, 0.717) is 11.0 Å². The predicted molar refractivity (Wildman–Crippen MR) is 81.3 cm³/mol. The Morgan fingerprint density at radius 1 is 1.24 bits per heavy atom. The van der Waals surface area contributed by atoms with Gasteiger partial charge in [0.05, 0.1) is 12.0 Å². The molecule has 0 heterocycles. The van der Waals surface area contributed by atoms with E-state index >= 15 is 0 Å². The van der Waals surface area contributed by atoms with Gasteiger partial charge in [-0.1, -0.05) is 32.0 Å².